The van der Waals surface area contributed by atoms with Gasteiger partial charge in [-0.05, 0) is 32.9 Å². The van der Waals surface area contributed by atoms with Crippen LogP contribution < -0.4 is 9.80 Å². The zero-order chi connectivity index (χ0) is 18.6. The maximum atomic E-state index is 12.4. The number of hydrogen-bond donors (Lipinski definition) is 0. The fraction of sp³-hybridized carbons (Fsp3) is 0.579. The van der Waals surface area contributed by atoms with Gasteiger partial charge in [0.15, 0.2) is 0 Å². The molecule has 1 atom stereocenters. The molecule has 0 N–H and O–H groups in total. The zero-order valence-electron chi connectivity index (χ0n) is 15.7. The lowest BCUT2D eigenvalue weighted by Gasteiger charge is -2.48. The van der Waals surface area contributed by atoms with Crippen molar-refractivity contribution in [3.8, 4) is 0 Å². The molecule has 3 aliphatic heterocycles. The second-order valence-corrected chi connectivity index (χ2v) is 8.23. The van der Waals surface area contributed by atoms with Crippen LogP contribution in [-0.2, 0) is 16.1 Å². The van der Waals surface area contributed by atoms with Gasteiger partial charge in [0.25, 0.3) is 0 Å². The Morgan fingerprint density at radius 2 is 1.96 bits per heavy atom. The Morgan fingerprint density at radius 3 is 2.69 bits per heavy atom. The number of piperazine rings is 1. The van der Waals surface area contributed by atoms with Gasteiger partial charge in [-0.15, -0.1) is 0 Å². The minimum Gasteiger partial charge on any atom is -0.457 e. The summed E-state index contributed by atoms with van der Waals surface area (Å²) in [5.41, 5.74) is 3.28. The third kappa shape index (κ3) is 2.85. The first-order valence-corrected chi connectivity index (χ1v) is 9.03. The summed E-state index contributed by atoms with van der Waals surface area (Å²) in [5.74, 6) is -0.243. The van der Waals surface area contributed by atoms with Crippen molar-refractivity contribution >= 4 is 23.4 Å². The van der Waals surface area contributed by atoms with E-state index in [-0.39, 0.29) is 18.1 Å². The van der Waals surface area contributed by atoms with Gasteiger partial charge in [0.05, 0.1) is 23.0 Å². The molecule has 3 aliphatic rings. The van der Waals surface area contributed by atoms with Gasteiger partial charge in [-0.25, -0.2) is 9.59 Å². The molecule has 0 aromatic heterocycles. The molecule has 140 valence electrons. The van der Waals surface area contributed by atoms with Crippen molar-refractivity contribution in [3.63, 3.8) is 0 Å². The van der Waals surface area contributed by atoms with Crippen molar-refractivity contribution in [2.75, 3.05) is 43.0 Å². The number of anilines is 2. The van der Waals surface area contributed by atoms with Gasteiger partial charge in [-0.3, -0.25) is 0 Å². The minimum absolute atomic E-state index is 0.199. The summed E-state index contributed by atoms with van der Waals surface area (Å²) in [5, 5.41) is 0. The Kier molecular flexibility index (Phi) is 3.78. The Balaban J connectivity index is 1.58. The van der Waals surface area contributed by atoms with E-state index in [4.69, 9.17) is 9.47 Å². The molecular weight excluding hydrogens is 334 g/mol. The summed E-state index contributed by atoms with van der Waals surface area (Å²) in [6.07, 6.45) is -0.251. The average molecular weight is 359 g/mol. The van der Waals surface area contributed by atoms with E-state index >= 15 is 0 Å². The summed E-state index contributed by atoms with van der Waals surface area (Å²) in [6.45, 7) is 8.79. The minimum atomic E-state index is -0.489. The number of carbonyl (C=O) groups excluding carboxylic acids is 2. The molecule has 1 fully saturated rings. The van der Waals surface area contributed by atoms with Crippen LogP contribution in [0.3, 0.4) is 0 Å². The molecule has 1 aromatic rings. The molecule has 3 heterocycles. The molecule has 1 saturated heterocycles. The Labute approximate surface area is 153 Å². The number of rotatable bonds is 0. The van der Waals surface area contributed by atoms with E-state index in [0.717, 1.165) is 30.0 Å². The third-order valence-electron chi connectivity index (χ3n) is 5.12. The van der Waals surface area contributed by atoms with E-state index < -0.39 is 5.60 Å². The predicted molar refractivity (Wildman–Crippen MR) is 97.8 cm³/mol. The molecular formula is C19H25N3O4. The van der Waals surface area contributed by atoms with Gasteiger partial charge in [0, 0.05) is 38.8 Å². The normalized spacial score (nSPS) is 21.8. The Bertz CT molecular complexity index is 771. The van der Waals surface area contributed by atoms with Gasteiger partial charge in [0.1, 0.15) is 12.2 Å². The number of benzene rings is 1. The second kappa shape index (κ2) is 5.79. The molecule has 0 spiro atoms. The van der Waals surface area contributed by atoms with Crippen LogP contribution in [-0.4, -0.2) is 61.8 Å². The van der Waals surface area contributed by atoms with Crippen LogP contribution in [0.15, 0.2) is 12.1 Å². The molecule has 0 aliphatic carbocycles. The van der Waals surface area contributed by atoms with Gasteiger partial charge in [-0.1, -0.05) is 0 Å². The SMILES string of the molecule is CN1CC2CN(C(=O)OC(C)(C)C)CCN2c2cc3c(cc21)C(=O)OC3. The average Bonchev–Trinajstić information content (AvgIpc) is 2.92. The lowest BCUT2D eigenvalue weighted by atomic mass is 10.00. The fourth-order valence-electron chi connectivity index (χ4n) is 3.92. The van der Waals surface area contributed by atoms with Crippen molar-refractivity contribution in [2.45, 2.75) is 39.0 Å². The van der Waals surface area contributed by atoms with Crippen LogP contribution in [0.4, 0.5) is 16.2 Å². The molecule has 1 amide bonds. The summed E-state index contributed by atoms with van der Waals surface area (Å²) < 4.78 is 10.7. The van der Waals surface area contributed by atoms with Crippen LogP contribution in [0.25, 0.3) is 0 Å². The van der Waals surface area contributed by atoms with E-state index in [1.807, 2.05) is 33.9 Å². The first kappa shape index (κ1) is 17.0. The first-order chi connectivity index (χ1) is 12.2. The van der Waals surface area contributed by atoms with Crippen molar-refractivity contribution in [3.05, 3.63) is 23.3 Å². The molecule has 26 heavy (non-hydrogen) atoms. The van der Waals surface area contributed by atoms with Gasteiger partial charge >= 0.3 is 12.1 Å². The molecule has 0 bridgehead atoms. The van der Waals surface area contributed by atoms with Crippen LogP contribution >= 0.6 is 0 Å². The van der Waals surface area contributed by atoms with E-state index in [1.165, 1.54) is 0 Å². The highest BCUT2D eigenvalue weighted by Crippen LogP contribution is 2.40. The second-order valence-electron chi connectivity index (χ2n) is 8.23. The summed E-state index contributed by atoms with van der Waals surface area (Å²) in [4.78, 5) is 30.6. The van der Waals surface area contributed by atoms with E-state index in [0.29, 0.717) is 25.3 Å². The molecule has 4 rings (SSSR count). The molecule has 7 heteroatoms. The number of likely N-dealkylation sites (N-methyl/N-ethyl adjacent to an activating group) is 1. The number of amides is 1. The van der Waals surface area contributed by atoms with E-state index in [1.54, 1.807) is 4.90 Å². The highest BCUT2D eigenvalue weighted by molar-refractivity contribution is 5.96. The topological polar surface area (TPSA) is 62.3 Å². The molecule has 1 unspecified atom stereocenters. The molecule has 0 radical (unpaired) electrons. The first-order valence-electron chi connectivity index (χ1n) is 9.03. The number of fused-ring (bicyclic) bond motifs is 4. The smallest absolute Gasteiger partial charge is 0.410 e. The van der Waals surface area contributed by atoms with Gasteiger partial charge in [0.2, 0.25) is 0 Å². The molecule has 0 saturated carbocycles. The maximum Gasteiger partial charge on any atom is 0.410 e. The summed E-state index contributed by atoms with van der Waals surface area (Å²) >= 11 is 0. The quantitative estimate of drug-likeness (QED) is 0.662. The third-order valence-corrected chi connectivity index (χ3v) is 5.12. The van der Waals surface area contributed by atoms with Gasteiger partial charge in [-0.2, -0.15) is 0 Å². The maximum absolute atomic E-state index is 12.4. The number of ether oxygens (including phenoxy) is 2. The Morgan fingerprint density at radius 1 is 1.19 bits per heavy atom. The van der Waals surface area contributed by atoms with Crippen molar-refractivity contribution in [2.24, 2.45) is 0 Å². The van der Waals surface area contributed by atoms with Gasteiger partial charge < -0.3 is 24.2 Å². The zero-order valence-corrected chi connectivity index (χ0v) is 15.7. The van der Waals surface area contributed by atoms with Crippen molar-refractivity contribution in [1.29, 1.82) is 0 Å². The molecule has 1 aromatic carbocycles. The summed E-state index contributed by atoms with van der Waals surface area (Å²) in [7, 11) is 2.02. The van der Waals surface area contributed by atoms with Crippen LogP contribution in [0, 0.1) is 0 Å². The largest absolute Gasteiger partial charge is 0.457 e. The highest BCUT2D eigenvalue weighted by atomic mass is 16.6. The number of nitrogens with zero attached hydrogens (tertiary/aromatic N) is 3. The lowest BCUT2D eigenvalue weighted by molar-refractivity contribution is 0.0215. The number of carbonyl (C=O) groups is 2. The number of cyclic esters (lactones) is 1. The van der Waals surface area contributed by atoms with Crippen molar-refractivity contribution < 1.29 is 19.1 Å². The van der Waals surface area contributed by atoms with Crippen LogP contribution in [0.5, 0.6) is 0 Å². The highest BCUT2D eigenvalue weighted by Gasteiger charge is 2.38. The summed E-state index contributed by atoms with van der Waals surface area (Å²) in [6, 6.07) is 4.21. The fourth-order valence-corrected chi connectivity index (χ4v) is 3.92. The standard InChI is InChI=1S/C19H25N3O4/c1-19(2,3)26-18(24)21-5-6-22-13(10-21)9-20(4)15-8-14-12(7-16(15)22)11-25-17(14)23/h7-8,13H,5-6,9-11H2,1-4H3. The number of hydrogen-bond acceptors (Lipinski definition) is 6. The van der Waals surface area contributed by atoms with Crippen LogP contribution in [0.1, 0.15) is 36.7 Å². The Hall–Kier alpha value is -2.44. The number of esters is 1. The van der Waals surface area contributed by atoms with E-state index in [2.05, 4.69) is 15.9 Å². The predicted octanol–water partition coefficient (Wildman–Crippen LogP) is 2.23. The molecule has 7 nitrogen and oxygen atoms in total. The monoisotopic (exact) mass is 359 g/mol. The van der Waals surface area contributed by atoms with Crippen molar-refractivity contribution in [1.82, 2.24) is 4.90 Å². The lowest BCUT2D eigenvalue weighted by Crippen LogP contribution is -2.60. The van der Waals surface area contributed by atoms with E-state index in [9.17, 15) is 9.59 Å². The van der Waals surface area contributed by atoms with Crippen LogP contribution in [0.2, 0.25) is 0 Å².